The van der Waals surface area contributed by atoms with Gasteiger partial charge < -0.3 is 4.74 Å². The first-order valence-electron chi connectivity index (χ1n) is 6.03. The molecule has 106 valence electrons. The molecule has 0 saturated heterocycles. The highest BCUT2D eigenvalue weighted by Crippen LogP contribution is 2.32. The Morgan fingerprint density at radius 2 is 2.05 bits per heavy atom. The first-order valence-corrected chi connectivity index (χ1v) is 6.41. The van der Waals surface area contributed by atoms with Crippen LogP contribution in [0, 0.1) is 11.3 Å². The number of halogens is 1. The number of hydrogen-bond acceptors (Lipinski definition) is 3. The highest BCUT2D eigenvalue weighted by Gasteiger charge is 2.18. The minimum Gasteiger partial charge on any atom is -0.444 e. The van der Waals surface area contributed by atoms with Crippen molar-refractivity contribution in [3.63, 3.8) is 0 Å². The lowest BCUT2D eigenvalue weighted by atomic mass is 10.0. The van der Waals surface area contributed by atoms with Gasteiger partial charge in [0.05, 0.1) is 22.3 Å². The van der Waals surface area contributed by atoms with Gasteiger partial charge in [-0.3, -0.25) is 5.32 Å². The van der Waals surface area contributed by atoms with Crippen molar-refractivity contribution in [2.24, 2.45) is 0 Å². The van der Waals surface area contributed by atoms with Crippen molar-refractivity contribution in [3.8, 4) is 6.07 Å². The Hall–Kier alpha value is -1.99. The average molecular weight is 293 g/mol. The lowest BCUT2D eigenvalue weighted by molar-refractivity contribution is 0.0636. The first kappa shape index (κ1) is 16.1. The van der Waals surface area contributed by atoms with E-state index in [9.17, 15) is 4.79 Å². The molecule has 0 atom stereocenters. The predicted molar refractivity (Wildman–Crippen MR) is 80.7 cm³/mol. The van der Waals surface area contributed by atoms with Crippen LogP contribution in [0.4, 0.5) is 10.5 Å². The zero-order valence-corrected chi connectivity index (χ0v) is 12.8. The molecule has 0 saturated carbocycles. The van der Waals surface area contributed by atoms with Crippen LogP contribution in [-0.2, 0) is 4.74 Å². The standard InChI is InChI=1S/C15H17ClN2O2/c1-9(2)11-6-10(8-17)7-12(13(11)16)18-14(19)20-15(3,4)5/h6-7H,1H2,2-5H3,(H,18,19). The van der Waals surface area contributed by atoms with Crippen LogP contribution in [0.3, 0.4) is 0 Å². The normalized spacial score (nSPS) is 10.6. The second kappa shape index (κ2) is 5.98. The summed E-state index contributed by atoms with van der Waals surface area (Å²) in [7, 11) is 0. The predicted octanol–water partition coefficient (Wildman–Crippen LogP) is 4.59. The van der Waals surface area contributed by atoms with Crippen molar-refractivity contribution in [2.75, 3.05) is 5.32 Å². The second-order valence-electron chi connectivity index (χ2n) is 5.40. The van der Waals surface area contributed by atoms with Crippen LogP contribution in [0.2, 0.25) is 5.02 Å². The van der Waals surface area contributed by atoms with Gasteiger partial charge in [-0.05, 0) is 51.0 Å². The molecular formula is C15H17ClN2O2. The third-order valence-corrected chi connectivity index (χ3v) is 2.70. The van der Waals surface area contributed by atoms with Crippen molar-refractivity contribution >= 4 is 29.0 Å². The van der Waals surface area contributed by atoms with Crippen LogP contribution in [0.1, 0.15) is 38.8 Å². The maximum atomic E-state index is 11.8. The smallest absolute Gasteiger partial charge is 0.412 e. The molecule has 0 aliphatic heterocycles. The number of ether oxygens (including phenoxy) is 1. The van der Waals surface area contributed by atoms with Crippen molar-refractivity contribution in [3.05, 3.63) is 34.9 Å². The minimum atomic E-state index is -0.623. The van der Waals surface area contributed by atoms with Gasteiger partial charge in [0.15, 0.2) is 0 Å². The number of carbonyl (C=O) groups excluding carboxylic acids is 1. The molecule has 0 radical (unpaired) electrons. The maximum Gasteiger partial charge on any atom is 0.412 e. The number of rotatable bonds is 2. The first-order chi connectivity index (χ1) is 9.14. The quantitative estimate of drug-likeness (QED) is 0.867. The molecule has 1 N–H and O–H groups in total. The van der Waals surface area contributed by atoms with Gasteiger partial charge in [-0.2, -0.15) is 5.26 Å². The third kappa shape index (κ3) is 4.29. The molecule has 0 spiro atoms. The van der Waals surface area contributed by atoms with Gasteiger partial charge >= 0.3 is 6.09 Å². The largest absolute Gasteiger partial charge is 0.444 e. The van der Waals surface area contributed by atoms with Crippen molar-refractivity contribution < 1.29 is 9.53 Å². The average Bonchev–Trinajstić information content (AvgIpc) is 2.28. The topological polar surface area (TPSA) is 62.1 Å². The second-order valence-corrected chi connectivity index (χ2v) is 5.78. The van der Waals surface area contributed by atoms with Gasteiger partial charge in [-0.1, -0.05) is 18.2 Å². The van der Waals surface area contributed by atoms with Gasteiger partial charge in [0, 0.05) is 0 Å². The van der Waals surface area contributed by atoms with Crippen molar-refractivity contribution in [1.29, 1.82) is 5.26 Å². The SMILES string of the molecule is C=C(C)c1cc(C#N)cc(NC(=O)OC(C)(C)C)c1Cl. The van der Waals surface area contributed by atoms with Gasteiger partial charge in [0.1, 0.15) is 5.60 Å². The Morgan fingerprint density at radius 3 is 2.50 bits per heavy atom. The number of anilines is 1. The Morgan fingerprint density at radius 1 is 1.45 bits per heavy atom. The molecule has 0 unspecified atom stereocenters. The van der Waals surface area contributed by atoms with E-state index in [0.29, 0.717) is 27.4 Å². The van der Waals surface area contributed by atoms with Crippen molar-refractivity contribution in [1.82, 2.24) is 0 Å². The fourth-order valence-corrected chi connectivity index (χ4v) is 1.82. The summed E-state index contributed by atoms with van der Waals surface area (Å²) in [6, 6.07) is 5.15. The number of nitrogens with one attached hydrogen (secondary N) is 1. The minimum absolute atomic E-state index is 0.331. The molecular weight excluding hydrogens is 276 g/mol. The number of carbonyl (C=O) groups is 1. The van der Waals surface area contributed by atoms with E-state index in [1.54, 1.807) is 33.8 Å². The summed E-state index contributed by atoms with van der Waals surface area (Å²) < 4.78 is 5.16. The maximum absolute atomic E-state index is 11.8. The molecule has 1 amide bonds. The van der Waals surface area contributed by atoms with Crippen LogP contribution in [0.15, 0.2) is 18.7 Å². The van der Waals surface area contributed by atoms with Crippen LogP contribution in [0.5, 0.6) is 0 Å². The van der Waals surface area contributed by atoms with E-state index in [1.165, 1.54) is 6.07 Å². The van der Waals surface area contributed by atoms with E-state index in [-0.39, 0.29) is 0 Å². The highest BCUT2D eigenvalue weighted by atomic mass is 35.5. The summed E-state index contributed by atoms with van der Waals surface area (Å²) in [4.78, 5) is 11.8. The molecule has 0 aromatic heterocycles. The van der Waals surface area contributed by atoms with E-state index >= 15 is 0 Å². The van der Waals surface area contributed by atoms with Crippen LogP contribution >= 0.6 is 11.6 Å². The summed E-state index contributed by atoms with van der Waals surface area (Å²) in [5.41, 5.74) is 1.44. The molecule has 0 fully saturated rings. The number of nitrogens with zero attached hydrogens (tertiary/aromatic N) is 1. The molecule has 1 aromatic rings. The summed E-state index contributed by atoms with van der Waals surface area (Å²) in [5.74, 6) is 0. The van der Waals surface area contributed by atoms with Gasteiger partial charge in [-0.25, -0.2) is 4.79 Å². The van der Waals surface area contributed by atoms with Gasteiger partial charge in [0.25, 0.3) is 0 Å². The molecule has 0 aliphatic rings. The fourth-order valence-electron chi connectivity index (χ4n) is 1.50. The van der Waals surface area contributed by atoms with E-state index in [0.717, 1.165) is 0 Å². The molecule has 0 heterocycles. The number of amides is 1. The van der Waals surface area contributed by atoms with Gasteiger partial charge in [0.2, 0.25) is 0 Å². The lowest BCUT2D eigenvalue weighted by Gasteiger charge is -2.20. The van der Waals surface area contributed by atoms with Gasteiger partial charge in [-0.15, -0.1) is 0 Å². The van der Waals surface area contributed by atoms with E-state index in [1.807, 2.05) is 6.07 Å². The monoisotopic (exact) mass is 292 g/mol. The van der Waals surface area contributed by atoms with Crippen LogP contribution < -0.4 is 5.32 Å². The van der Waals surface area contributed by atoms with E-state index in [4.69, 9.17) is 21.6 Å². The van der Waals surface area contributed by atoms with Crippen molar-refractivity contribution in [2.45, 2.75) is 33.3 Å². The molecule has 1 rings (SSSR count). The number of benzene rings is 1. The van der Waals surface area contributed by atoms with Crippen LogP contribution in [0.25, 0.3) is 5.57 Å². The zero-order chi connectivity index (χ0) is 15.5. The summed E-state index contributed by atoms with van der Waals surface area (Å²) >= 11 is 6.21. The number of hydrogen-bond donors (Lipinski definition) is 1. The molecule has 5 heteroatoms. The van der Waals surface area contributed by atoms with E-state index in [2.05, 4.69) is 11.9 Å². The van der Waals surface area contributed by atoms with E-state index < -0.39 is 11.7 Å². The Balaban J connectivity index is 3.13. The highest BCUT2D eigenvalue weighted by molar-refractivity contribution is 6.35. The Bertz CT molecular complexity index is 595. The third-order valence-electron chi connectivity index (χ3n) is 2.30. The Kier molecular flexibility index (Phi) is 4.80. The number of nitriles is 1. The molecule has 1 aromatic carbocycles. The summed E-state index contributed by atoms with van der Waals surface area (Å²) in [6.45, 7) is 10.9. The fraction of sp³-hybridized carbons (Fsp3) is 0.333. The lowest BCUT2D eigenvalue weighted by Crippen LogP contribution is -2.27. The molecule has 20 heavy (non-hydrogen) atoms. The molecule has 4 nitrogen and oxygen atoms in total. The molecule has 0 bridgehead atoms. The Labute approximate surface area is 124 Å². The number of allylic oxidation sites excluding steroid dienone is 1. The zero-order valence-electron chi connectivity index (χ0n) is 12.0. The summed E-state index contributed by atoms with van der Waals surface area (Å²) in [5, 5.41) is 11.9. The van der Waals surface area contributed by atoms with Crippen LogP contribution in [-0.4, -0.2) is 11.7 Å². The summed E-state index contributed by atoms with van der Waals surface area (Å²) in [6.07, 6.45) is -0.623. The molecule has 0 aliphatic carbocycles.